The summed E-state index contributed by atoms with van der Waals surface area (Å²) in [4.78, 5) is 4.37. The number of pyridine rings is 1. The zero-order valence-corrected chi connectivity index (χ0v) is 11.3. The van der Waals surface area contributed by atoms with Crippen LogP contribution in [0.1, 0.15) is 11.3 Å². The third kappa shape index (κ3) is 2.97. The van der Waals surface area contributed by atoms with Crippen LogP contribution in [0.5, 0.6) is 0 Å². The Labute approximate surface area is 116 Å². The minimum absolute atomic E-state index is 0.279. The Morgan fingerprint density at radius 1 is 1.33 bits per heavy atom. The summed E-state index contributed by atoms with van der Waals surface area (Å²) >= 11 is 10.9. The van der Waals surface area contributed by atoms with Gasteiger partial charge in [-0.1, -0.05) is 29.9 Å². The highest BCUT2D eigenvalue weighted by atomic mass is 35.5. The van der Waals surface area contributed by atoms with Crippen LogP contribution < -0.4 is 11.1 Å². The van der Waals surface area contributed by atoms with Crippen molar-refractivity contribution in [1.82, 2.24) is 4.98 Å². The van der Waals surface area contributed by atoms with Crippen LogP contribution in [0.3, 0.4) is 0 Å². The van der Waals surface area contributed by atoms with Crippen LogP contribution in [0.2, 0.25) is 5.02 Å². The van der Waals surface area contributed by atoms with E-state index in [1.54, 1.807) is 6.20 Å². The smallest absolute Gasteiger partial charge is 0.122 e. The number of aryl methyl sites for hydroxylation is 1. The van der Waals surface area contributed by atoms with Crippen LogP contribution in [0, 0.1) is 6.92 Å². The highest BCUT2D eigenvalue weighted by molar-refractivity contribution is 7.80. The van der Waals surface area contributed by atoms with E-state index in [4.69, 9.17) is 29.6 Å². The average Bonchev–Trinajstić information content (AvgIpc) is 2.34. The van der Waals surface area contributed by atoms with Gasteiger partial charge in [0.1, 0.15) is 4.99 Å². The maximum atomic E-state index is 5.97. The predicted molar refractivity (Wildman–Crippen MR) is 79.6 cm³/mol. The largest absolute Gasteiger partial charge is 0.388 e. The minimum atomic E-state index is 0.279. The van der Waals surface area contributed by atoms with E-state index in [-0.39, 0.29) is 4.99 Å². The summed E-state index contributed by atoms with van der Waals surface area (Å²) in [6, 6.07) is 9.35. The fourth-order valence-corrected chi connectivity index (χ4v) is 1.81. The molecule has 0 spiro atoms. The first-order valence-corrected chi connectivity index (χ1v) is 6.14. The first-order chi connectivity index (χ1) is 8.56. The van der Waals surface area contributed by atoms with Crippen molar-refractivity contribution < 1.29 is 0 Å². The molecule has 0 saturated heterocycles. The van der Waals surface area contributed by atoms with Gasteiger partial charge in [0.25, 0.3) is 0 Å². The van der Waals surface area contributed by atoms with Crippen molar-refractivity contribution in [1.29, 1.82) is 0 Å². The van der Waals surface area contributed by atoms with Crippen molar-refractivity contribution in [3.8, 4) is 0 Å². The Morgan fingerprint density at radius 2 is 2.11 bits per heavy atom. The Kier molecular flexibility index (Phi) is 3.79. The zero-order chi connectivity index (χ0) is 13.1. The number of hydrogen-bond acceptors (Lipinski definition) is 3. The summed E-state index contributed by atoms with van der Waals surface area (Å²) < 4.78 is 0. The number of nitrogens with zero attached hydrogens (tertiary/aromatic N) is 1. The molecule has 2 rings (SSSR count). The van der Waals surface area contributed by atoms with Crippen molar-refractivity contribution in [2.75, 3.05) is 5.32 Å². The number of halogens is 1. The van der Waals surface area contributed by atoms with E-state index in [1.807, 2.05) is 37.3 Å². The predicted octanol–water partition coefficient (Wildman–Crippen LogP) is 3.42. The third-order valence-corrected chi connectivity index (χ3v) is 2.94. The molecule has 0 bridgehead atoms. The maximum absolute atomic E-state index is 5.97. The third-order valence-electron chi connectivity index (χ3n) is 2.49. The number of benzene rings is 1. The normalized spacial score (nSPS) is 10.1. The zero-order valence-electron chi connectivity index (χ0n) is 9.77. The standard InChI is InChI=1S/C13H12ClN3S/c1-8-2-3-9(14)6-11(8)17-10-4-5-16-12(7-10)13(15)18/h2-7H,1H3,(H2,15,18)(H,16,17). The summed E-state index contributed by atoms with van der Waals surface area (Å²) in [6.07, 6.45) is 1.66. The van der Waals surface area contributed by atoms with Crippen LogP contribution in [0.4, 0.5) is 11.4 Å². The molecule has 0 fully saturated rings. The molecule has 0 amide bonds. The van der Waals surface area contributed by atoms with Crippen molar-refractivity contribution in [2.24, 2.45) is 5.73 Å². The Morgan fingerprint density at radius 3 is 2.83 bits per heavy atom. The Balaban J connectivity index is 2.31. The van der Waals surface area contributed by atoms with Gasteiger partial charge < -0.3 is 11.1 Å². The molecule has 0 aliphatic heterocycles. The second-order valence-electron chi connectivity index (χ2n) is 3.88. The molecular weight excluding hydrogens is 266 g/mol. The van der Waals surface area contributed by atoms with Gasteiger partial charge in [0.05, 0.1) is 5.69 Å². The van der Waals surface area contributed by atoms with Crippen LogP contribution in [-0.4, -0.2) is 9.97 Å². The number of aromatic nitrogens is 1. The van der Waals surface area contributed by atoms with Crippen LogP contribution in [0.25, 0.3) is 0 Å². The first kappa shape index (κ1) is 12.8. The molecule has 1 aromatic heterocycles. The van der Waals surface area contributed by atoms with E-state index >= 15 is 0 Å². The SMILES string of the molecule is Cc1ccc(Cl)cc1Nc1ccnc(C(N)=S)c1. The van der Waals surface area contributed by atoms with Gasteiger partial charge in [0.15, 0.2) is 0 Å². The number of thiocarbonyl (C=S) groups is 1. The lowest BCUT2D eigenvalue weighted by atomic mass is 10.2. The molecule has 1 aromatic carbocycles. The van der Waals surface area contributed by atoms with Crippen LogP contribution in [0.15, 0.2) is 36.5 Å². The maximum Gasteiger partial charge on any atom is 0.122 e. The Bertz CT molecular complexity index is 599. The summed E-state index contributed by atoms with van der Waals surface area (Å²) in [7, 11) is 0. The summed E-state index contributed by atoms with van der Waals surface area (Å²) in [5, 5.41) is 3.96. The van der Waals surface area contributed by atoms with E-state index in [1.165, 1.54) is 0 Å². The van der Waals surface area contributed by atoms with E-state index in [0.717, 1.165) is 16.9 Å². The molecule has 2 aromatic rings. The molecule has 0 aliphatic carbocycles. The van der Waals surface area contributed by atoms with Gasteiger partial charge in [-0.3, -0.25) is 4.98 Å². The van der Waals surface area contributed by atoms with Crippen molar-refractivity contribution >= 4 is 40.2 Å². The molecule has 0 unspecified atom stereocenters. The van der Waals surface area contributed by atoms with E-state index in [0.29, 0.717) is 10.7 Å². The fraction of sp³-hybridized carbons (Fsp3) is 0.0769. The second kappa shape index (κ2) is 5.33. The molecule has 0 aliphatic rings. The van der Waals surface area contributed by atoms with Gasteiger partial charge in [-0.15, -0.1) is 0 Å². The van der Waals surface area contributed by atoms with Crippen molar-refractivity contribution in [3.63, 3.8) is 0 Å². The van der Waals surface area contributed by atoms with Gasteiger partial charge in [-0.05, 0) is 36.8 Å². The summed E-state index contributed by atoms with van der Waals surface area (Å²) in [5.74, 6) is 0. The highest BCUT2D eigenvalue weighted by Gasteiger charge is 2.03. The van der Waals surface area contributed by atoms with Gasteiger partial charge in [-0.25, -0.2) is 0 Å². The van der Waals surface area contributed by atoms with Crippen LogP contribution >= 0.6 is 23.8 Å². The molecule has 1 heterocycles. The topological polar surface area (TPSA) is 50.9 Å². The fourth-order valence-electron chi connectivity index (χ4n) is 1.53. The number of nitrogens with one attached hydrogen (secondary N) is 1. The molecule has 3 N–H and O–H groups in total. The monoisotopic (exact) mass is 277 g/mol. The van der Waals surface area contributed by atoms with Crippen LogP contribution in [-0.2, 0) is 0 Å². The highest BCUT2D eigenvalue weighted by Crippen LogP contribution is 2.24. The lowest BCUT2D eigenvalue weighted by Gasteiger charge is -2.10. The molecule has 0 saturated carbocycles. The van der Waals surface area contributed by atoms with Crippen molar-refractivity contribution in [3.05, 3.63) is 52.8 Å². The molecule has 92 valence electrons. The number of nitrogens with two attached hydrogens (primary N) is 1. The number of rotatable bonds is 3. The minimum Gasteiger partial charge on any atom is -0.388 e. The second-order valence-corrected chi connectivity index (χ2v) is 4.75. The molecular formula is C13H12ClN3S. The summed E-state index contributed by atoms with van der Waals surface area (Å²) in [6.45, 7) is 2.01. The van der Waals surface area contributed by atoms with Gasteiger partial charge in [0.2, 0.25) is 0 Å². The lowest BCUT2D eigenvalue weighted by molar-refractivity contribution is 1.29. The quantitative estimate of drug-likeness (QED) is 0.844. The lowest BCUT2D eigenvalue weighted by Crippen LogP contribution is -2.11. The summed E-state index contributed by atoms with van der Waals surface area (Å²) in [5.41, 5.74) is 9.07. The van der Waals surface area contributed by atoms with E-state index < -0.39 is 0 Å². The van der Waals surface area contributed by atoms with Gasteiger partial charge in [0, 0.05) is 22.6 Å². The molecule has 3 nitrogen and oxygen atoms in total. The van der Waals surface area contributed by atoms with Gasteiger partial charge in [-0.2, -0.15) is 0 Å². The molecule has 0 atom stereocenters. The average molecular weight is 278 g/mol. The van der Waals surface area contributed by atoms with Crippen molar-refractivity contribution in [2.45, 2.75) is 6.92 Å². The number of hydrogen-bond donors (Lipinski definition) is 2. The molecule has 18 heavy (non-hydrogen) atoms. The Hall–Kier alpha value is -1.65. The molecule has 0 radical (unpaired) electrons. The molecule has 5 heteroatoms. The van der Waals surface area contributed by atoms with Gasteiger partial charge >= 0.3 is 0 Å². The first-order valence-electron chi connectivity index (χ1n) is 5.35. The van der Waals surface area contributed by atoms with E-state index in [2.05, 4.69) is 10.3 Å². The number of anilines is 2. The van der Waals surface area contributed by atoms with E-state index in [9.17, 15) is 0 Å².